The van der Waals surface area contributed by atoms with Crippen molar-refractivity contribution in [3.05, 3.63) is 66.2 Å². The first-order valence-corrected chi connectivity index (χ1v) is 7.60. The Balaban J connectivity index is 2.21. The minimum absolute atomic E-state index is 0.156. The van der Waals surface area contributed by atoms with Crippen LogP contribution < -0.4 is 11.1 Å². The van der Waals surface area contributed by atoms with E-state index in [1.165, 1.54) is 0 Å². The van der Waals surface area contributed by atoms with E-state index in [-0.39, 0.29) is 5.91 Å². The number of nitrogens with one attached hydrogen (secondary N) is 1. The number of benzene rings is 2. The molecule has 0 radical (unpaired) electrons. The van der Waals surface area contributed by atoms with Gasteiger partial charge in [0.05, 0.1) is 5.69 Å². The van der Waals surface area contributed by atoms with Gasteiger partial charge in [-0.05, 0) is 42.8 Å². The number of hydrogen-bond donors (Lipinski definition) is 2. The second kappa shape index (κ2) is 6.99. The average Bonchev–Trinajstić information content (AvgIpc) is 2.45. The van der Waals surface area contributed by atoms with E-state index in [4.69, 9.17) is 5.73 Å². The lowest BCUT2D eigenvalue weighted by atomic mass is 10.1. The molecule has 0 aliphatic heterocycles. The van der Waals surface area contributed by atoms with E-state index in [1.54, 1.807) is 17.8 Å². The van der Waals surface area contributed by atoms with E-state index >= 15 is 0 Å². The first kappa shape index (κ1) is 15.2. The van der Waals surface area contributed by atoms with Gasteiger partial charge in [0.1, 0.15) is 0 Å². The van der Waals surface area contributed by atoms with Gasteiger partial charge in [-0.2, -0.15) is 0 Å². The lowest BCUT2D eigenvalue weighted by Crippen LogP contribution is -2.13. The highest BCUT2D eigenvalue weighted by Crippen LogP contribution is 2.27. The van der Waals surface area contributed by atoms with Crippen LogP contribution in [0, 0.1) is 6.92 Å². The van der Waals surface area contributed by atoms with Crippen molar-refractivity contribution in [1.82, 2.24) is 0 Å². The Morgan fingerprint density at radius 3 is 2.81 bits per heavy atom. The Morgan fingerprint density at radius 2 is 2.10 bits per heavy atom. The number of nitrogen functional groups attached to an aromatic ring is 1. The van der Waals surface area contributed by atoms with E-state index < -0.39 is 0 Å². The first-order chi connectivity index (χ1) is 10.1. The molecule has 0 saturated carbocycles. The topological polar surface area (TPSA) is 55.1 Å². The van der Waals surface area contributed by atoms with Crippen LogP contribution in [-0.4, -0.2) is 11.7 Å². The fourth-order valence-electron chi connectivity index (χ4n) is 1.98. The van der Waals surface area contributed by atoms with E-state index in [1.807, 2.05) is 49.4 Å². The van der Waals surface area contributed by atoms with Crippen molar-refractivity contribution in [2.45, 2.75) is 11.8 Å². The number of aryl methyl sites for hydroxylation is 1. The Bertz CT molecular complexity index is 647. The molecule has 21 heavy (non-hydrogen) atoms. The quantitative estimate of drug-likeness (QED) is 0.496. The molecule has 1 amide bonds. The predicted molar refractivity (Wildman–Crippen MR) is 90.9 cm³/mol. The lowest BCUT2D eigenvalue weighted by molar-refractivity contribution is 0.102. The standard InChI is InChI=1S/C17H18N2OS/c1-3-8-21-16-7-5-4-6-15(16)19-17(20)13-9-12(2)10-14(18)11-13/h3-7,9-11H,1,8,18H2,2H3,(H,19,20). The Hall–Kier alpha value is -2.20. The highest BCUT2D eigenvalue weighted by molar-refractivity contribution is 7.99. The SMILES string of the molecule is C=CCSc1ccccc1NC(=O)c1cc(C)cc(N)c1. The molecule has 0 fully saturated rings. The van der Waals surface area contributed by atoms with Crippen LogP contribution in [0.25, 0.3) is 0 Å². The van der Waals surface area contributed by atoms with Crippen LogP contribution in [0.15, 0.2) is 60.0 Å². The van der Waals surface area contributed by atoms with Gasteiger partial charge in [0.25, 0.3) is 5.91 Å². The van der Waals surface area contributed by atoms with Crippen molar-refractivity contribution in [1.29, 1.82) is 0 Å². The van der Waals surface area contributed by atoms with Gasteiger partial charge >= 0.3 is 0 Å². The molecule has 2 rings (SSSR count). The van der Waals surface area contributed by atoms with Crippen LogP contribution in [0.3, 0.4) is 0 Å². The fourth-order valence-corrected chi connectivity index (χ4v) is 2.73. The molecule has 0 atom stereocenters. The minimum atomic E-state index is -0.156. The number of para-hydroxylation sites is 1. The molecule has 0 bridgehead atoms. The molecule has 4 heteroatoms. The molecular weight excluding hydrogens is 280 g/mol. The van der Waals surface area contributed by atoms with Crippen molar-refractivity contribution in [2.75, 3.05) is 16.8 Å². The molecule has 0 heterocycles. The van der Waals surface area contributed by atoms with Crippen LogP contribution in [0.4, 0.5) is 11.4 Å². The molecule has 0 spiro atoms. The third kappa shape index (κ3) is 4.13. The van der Waals surface area contributed by atoms with Crippen LogP contribution in [-0.2, 0) is 0 Å². The number of thioether (sulfide) groups is 1. The molecule has 0 aliphatic rings. The third-order valence-corrected chi connectivity index (χ3v) is 3.92. The summed E-state index contributed by atoms with van der Waals surface area (Å²) in [5, 5.41) is 2.94. The number of carbonyl (C=O) groups is 1. The summed E-state index contributed by atoms with van der Waals surface area (Å²) in [6.45, 7) is 5.63. The maximum Gasteiger partial charge on any atom is 0.255 e. The second-order valence-electron chi connectivity index (χ2n) is 4.68. The second-order valence-corrected chi connectivity index (χ2v) is 5.74. The lowest BCUT2D eigenvalue weighted by Gasteiger charge is -2.11. The van der Waals surface area contributed by atoms with Gasteiger partial charge in [-0.15, -0.1) is 18.3 Å². The summed E-state index contributed by atoms with van der Waals surface area (Å²) in [5.41, 5.74) is 8.72. The van der Waals surface area contributed by atoms with Crippen LogP contribution >= 0.6 is 11.8 Å². The molecule has 2 aromatic carbocycles. The maximum atomic E-state index is 12.3. The van der Waals surface area contributed by atoms with Gasteiger partial charge in [-0.25, -0.2) is 0 Å². The maximum absolute atomic E-state index is 12.3. The predicted octanol–water partition coefficient (Wildman–Crippen LogP) is 4.11. The van der Waals surface area contributed by atoms with Crippen molar-refractivity contribution in [2.24, 2.45) is 0 Å². The summed E-state index contributed by atoms with van der Waals surface area (Å²) in [4.78, 5) is 13.4. The number of nitrogens with two attached hydrogens (primary N) is 1. The summed E-state index contributed by atoms with van der Waals surface area (Å²) in [7, 11) is 0. The average molecular weight is 298 g/mol. The molecular formula is C17H18N2OS. The first-order valence-electron chi connectivity index (χ1n) is 6.61. The molecule has 0 aliphatic carbocycles. The molecule has 0 aromatic heterocycles. The summed E-state index contributed by atoms with van der Waals surface area (Å²) in [6.07, 6.45) is 1.84. The monoisotopic (exact) mass is 298 g/mol. The number of anilines is 2. The summed E-state index contributed by atoms with van der Waals surface area (Å²) in [6, 6.07) is 13.1. The zero-order chi connectivity index (χ0) is 15.2. The summed E-state index contributed by atoms with van der Waals surface area (Å²) < 4.78 is 0. The smallest absolute Gasteiger partial charge is 0.255 e. The third-order valence-electron chi connectivity index (χ3n) is 2.85. The van der Waals surface area contributed by atoms with Crippen molar-refractivity contribution < 1.29 is 4.79 Å². The zero-order valence-electron chi connectivity index (χ0n) is 11.9. The van der Waals surface area contributed by atoms with Gasteiger partial charge < -0.3 is 11.1 Å². The van der Waals surface area contributed by atoms with Gasteiger partial charge in [-0.3, -0.25) is 4.79 Å². The van der Waals surface area contributed by atoms with Crippen molar-refractivity contribution >= 4 is 29.0 Å². The number of carbonyl (C=O) groups excluding carboxylic acids is 1. The largest absolute Gasteiger partial charge is 0.399 e. The molecule has 0 unspecified atom stereocenters. The summed E-state index contributed by atoms with van der Waals surface area (Å²) in [5.74, 6) is 0.640. The van der Waals surface area contributed by atoms with Gasteiger partial charge in [-0.1, -0.05) is 18.2 Å². The van der Waals surface area contributed by atoms with Crippen molar-refractivity contribution in [3.63, 3.8) is 0 Å². The molecule has 3 N–H and O–H groups in total. The highest BCUT2D eigenvalue weighted by atomic mass is 32.2. The molecule has 108 valence electrons. The van der Waals surface area contributed by atoms with Crippen LogP contribution in [0.1, 0.15) is 15.9 Å². The van der Waals surface area contributed by atoms with E-state index in [9.17, 15) is 4.79 Å². The van der Waals surface area contributed by atoms with E-state index in [2.05, 4.69) is 11.9 Å². The Morgan fingerprint density at radius 1 is 1.33 bits per heavy atom. The zero-order valence-corrected chi connectivity index (χ0v) is 12.7. The molecule has 3 nitrogen and oxygen atoms in total. The van der Waals surface area contributed by atoms with Gasteiger partial charge in [0.2, 0.25) is 0 Å². The van der Waals surface area contributed by atoms with Crippen molar-refractivity contribution in [3.8, 4) is 0 Å². The number of hydrogen-bond acceptors (Lipinski definition) is 3. The molecule has 2 aromatic rings. The normalized spacial score (nSPS) is 10.1. The van der Waals surface area contributed by atoms with E-state index in [0.29, 0.717) is 11.3 Å². The van der Waals surface area contributed by atoms with Gasteiger partial charge in [0.15, 0.2) is 0 Å². The fraction of sp³-hybridized carbons (Fsp3) is 0.118. The Kier molecular flexibility index (Phi) is 5.06. The highest BCUT2D eigenvalue weighted by Gasteiger charge is 2.10. The number of amides is 1. The minimum Gasteiger partial charge on any atom is -0.399 e. The summed E-state index contributed by atoms with van der Waals surface area (Å²) >= 11 is 1.63. The Labute approximate surface area is 129 Å². The number of rotatable bonds is 5. The van der Waals surface area contributed by atoms with E-state index in [0.717, 1.165) is 21.9 Å². The van der Waals surface area contributed by atoms with Crippen LogP contribution in [0.2, 0.25) is 0 Å². The van der Waals surface area contributed by atoms with Crippen LogP contribution in [0.5, 0.6) is 0 Å². The molecule has 0 saturated heterocycles. The van der Waals surface area contributed by atoms with Gasteiger partial charge in [0, 0.05) is 21.9 Å².